The number of aryl methyl sites for hydroxylation is 1. The number of amides is 1. The van der Waals surface area contributed by atoms with E-state index in [1.165, 1.54) is 11.8 Å². The molecule has 1 aromatic rings. The molecule has 0 unspecified atom stereocenters. The van der Waals surface area contributed by atoms with Gasteiger partial charge in [-0.15, -0.1) is 0 Å². The van der Waals surface area contributed by atoms with Crippen LogP contribution in [0.3, 0.4) is 0 Å². The molecule has 0 aliphatic carbocycles. The summed E-state index contributed by atoms with van der Waals surface area (Å²) in [5, 5.41) is 0. The van der Waals surface area contributed by atoms with Crippen LogP contribution in [0.15, 0.2) is 12.1 Å². The molecule has 2 rings (SSSR count). The zero-order valence-electron chi connectivity index (χ0n) is 9.54. The summed E-state index contributed by atoms with van der Waals surface area (Å²) in [4.78, 5) is 13.4. The molecule has 1 atom stereocenters. The first-order chi connectivity index (χ1) is 7.99. The highest BCUT2D eigenvalue weighted by atomic mass is 19.1. The highest BCUT2D eigenvalue weighted by molar-refractivity contribution is 5.94. The zero-order valence-corrected chi connectivity index (χ0v) is 9.54. The van der Waals surface area contributed by atoms with Crippen molar-refractivity contribution < 1.29 is 13.6 Å². The Morgan fingerprint density at radius 1 is 1.41 bits per heavy atom. The van der Waals surface area contributed by atoms with E-state index in [9.17, 15) is 13.6 Å². The average molecular weight is 240 g/mol. The van der Waals surface area contributed by atoms with Crippen LogP contribution < -0.4 is 5.73 Å². The second-order valence-electron chi connectivity index (χ2n) is 4.38. The fourth-order valence-corrected chi connectivity index (χ4v) is 1.95. The molecular formula is C12H14F2N2O. The molecule has 1 aliphatic rings. The first-order valence-corrected chi connectivity index (χ1v) is 5.49. The van der Waals surface area contributed by atoms with Crippen LogP contribution in [0.5, 0.6) is 0 Å². The maximum atomic E-state index is 13.6. The van der Waals surface area contributed by atoms with Gasteiger partial charge in [0.25, 0.3) is 5.91 Å². The van der Waals surface area contributed by atoms with Crippen LogP contribution in [0.4, 0.5) is 8.78 Å². The summed E-state index contributed by atoms with van der Waals surface area (Å²) in [5.41, 5.74) is 5.64. The van der Waals surface area contributed by atoms with E-state index >= 15 is 0 Å². The van der Waals surface area contributed by atoms with Gasteiger partial charge in [0.2, 0.25) is 0 Å². The standard InChI is InChI=1S/C12H14F2N2O/c1-7-4-11(14)9(5-10(7)13)12(17)16-3-2-8(15)6-16/h4-5,8H,2-3,6,15H2,1H3/t8-/m0/s1. The van der Waals surface area contributed by atoms with Crippen molar-refractivity contribution in [3.8, 4) is 0 Å². The molecule has 3 nitrogen and oxygen atoms in total. The third kappa shape index (κ3) is 2.29. The third-order valence-corrected chi connectivity index (χ3v) is 2.99. The van der Waals surface area contributed by atoms with Crippen LogP contribution in [0.25, 0.3) is 0 Å². The van der Waals surface area contributed by atoms with Crippen LogP contribution in [-0.4, -0.2) is 29.9 Å². The second kappa shape index (κ2) is 4.41. The second-order valence-corrected chi connectivity index (χ2v) is 4.38. The van der Waals surface area contributed by atoms with Gasteiger partial charge in [-0.3, -0.25) is 4.79 Å². The van der Waals surface area contributed by atoms with Crippen molar-refractivity contribution in [2.75, 3.05) is 13.1 Å². The van der Waals surface area contributed by atoms with E-state index in [-0.39, 0.29) is 17.2 Å². The van der Waals surface area contributed by atoms with Gasteiger partial charge in [-0.25, -0.2) is 8.78 Å². The van der Waals surface area contributed by atoms with E-state index in [0.717, 1.165) is 12.1 Å². The van der Waals surface area contributed by atoms with Crippen molar-refractivity contribution in [1.82, 2.24) is 4.90 Å². The molecule has 1 saturated heterocycles. The van der Waals surface area contributed by atoms with E-state index in [4.69, 9.17) is 5.73 Å². The number of carbonyl (C=O) groups excluding carboxylic acids is 1. The molecule has 0 saturated carbocycles. The largest absolute Gasteiger partial charge is 0.337 e. The number of halogens is 2. The Balaban J connectivity index is 2.28. The summed E-state index contributed by atoms with van der Waals surface area (Å²) in [7, 11) is 0. The number of hydrogen-bond acceptors (Lipinski definition) is 2. The Kier molecular flexibility index (Phi) is 3.11. The van der Waals surface area contributed by atoms with Gasteiger partial charge in [0.15, 0.2) is 0 Å². The highest BCUT2D eigenvalue weighted by Crippen LogP contribution is 2.18. The molecule has 17 heavy (non-hydrogen) atoms. The van der Waals surface area contributed by atoms with Crippen molar-refractivity contribution in [3.63, 3.8) is 0 Å². The van der Waals surface area contributed by atoms with Gasteiger partial charge >= 0.3 is 0 Å². The van der Waals surface area contributed by atoms with Crippen molar-refractivity contribution in [1.29, 1.82) is 0 Å². The summed E-state index contributed by atoms with van der Waals surface area (Å²) in [6, 6.07) is 1.92. The summed E-state index contributed by atoms with van der Waals surface area (Å²) < 4.78 is 26.9. The molecule has 0 aromatic heterocycles. The molecule has 1 aromatic carbocycles. The van der Waals surface area contributed by atoms with Crippen molar-refractivity contribution >= 4 is 5.91 Å². The lowest BCUT2D eigenvalue weighted by atomic mass is 10.1. The minimum absolute atomic E-state index is 0.0719. The van der Waals surface area contributed by atoms with Gasteiger partial charge in [-0.05, 0) is 31.0 Å². The summed E-state index contributed by atoms with van der Waals surface area (Å²) in [6.07, 6.45) is 0.696. The first kappa shape index (κ1) is 12.0. The number of nitrogens with zero attached hydrogens (tertiary/aromatic N) is 1. The Labute approximate surface area is 98.2 Å². The van der Waals surface area contributed by atoms with E-state index in [1.54, 1.807) is 0 Å². The fourth-order valence-electron chi connectivity index (χ4n) is 1.95. The SMILES string of the molecule is Cc1cc(F)c(C(=O)N2CC[C@H](N)C2)cc1F. The van der Waals surface area contributed by atoms with Crippen LogP contribution >= 0.6 is 0 Å². The maximum Gasteiger partial charge on any atom is 0.256 e. The summed E-state index contributed by atoms with van der Waals surface area (Å²) >= 11 is 0. The van der Waals surface area contributed by atoms with Gasteiger partial charge in [-0.1, -0.05) is 0 Å². The minimum Gasteiger partial charge on any atom is -0.337 e. The zero-order chi connectivity index (χ0) is 12.6. The number of carbonyl (C=O) groups is 1. The van der Waals surface area contributed by atoms with Crippen LogP contribution in [0, 0.1) is 18.6 Å². The Morgan fingerprint density at radius 3 is 2.71 bits per heavy atom. The van der Waals surface area contributed by atoms with Gasteiger partial charge < -0.3 is 10.6 Å². The monoisotopic (exact) mass is 240 g/mol. The summed E-state index contributed by atoms with van der Waals surface area (Å²) in [5.74, 6) is -1.75. The molecule has 0 bridgehead atoms. The van der Waals surface area contributed by atoms with Crippen molar-refractivity contribution in [2.24, 2.45) is 5.73 Å². The smallest absolute Gasteiger partial charge is 0.256 e. The van der Waals surface area contributed by atoms with Gasteiger partial charge in [-0.2, -0.15) is 0 Å². The molecule has 2 N–H and O–H groups in total. The molecule has 1 amide bonds. The molecule has 1 heterocycles. The summed E-state index contributed by atoms with van der Waals surface area (Å²) in [6.45, 7) is 2.35. The predicted octanol–water partition coefficient (Wildman–Crippen LogP) is 1.45. The molecule has 5 heteroatoms. The lowest BCUT2D eigenvalue weighted by molar-refractivity contribution is 0.0785. The van der Waals surface area contributed by atoms with Crippen LogP contribution in [0.2, 0.25) is 0 Å². The molecule has 92 valence electrons. The van der Waals surface area contributed by atoms with Gasteiger partial charge in [0.05, 0.1) is 5.56 Å². The van der Waals surface area contributed by atoms with Gasteiger partial charge in [0.1, 0.15) is 11.6 Å². The van der Waals surface area contributed by atoms with E-state index < -0.39 is 17.5 Å². The predicted molar refractivity (Wildman–Crippen MR) is 59.6 cm³/mol. The minimum atomic E-state index is -0.686. The first-order valence-electron chi connectivity index (χ1n) is 5.49. The molecule has 0 spiro atoms. The van der Waals surface area contributed by atoms with E-state index in [1.807, 2.05) is 0 Å². The quantitative estimate of drug-likeness (QED) is 0.807. The Morgan fingerprint density at radius 2 is 2.12 bits per heavy atom. The molecular weight excluding hydrogens is 226 g/mol. The van der Waals surface area contributed by atoms with Crippen molar-refractivity contribution in [3.05, 3.63) is 34.9 Å². The Bertz CT molecular complexity index is 462. The van der Waals surface area contributed by atoms with Crippen LogP contribution in [-0.2, 0) is 0 Å². The number of hydrogen-bond donors (Lipinski definition) is 1. The maximum absolute atomic E-state index is 13.6. The highest BCUT2D eigenvalue weighted by Gasteiger charge is 2.26. The van der Waals surface area contributed by atoms with Crippen LogP contribution in [0.1, 0.15) is 22.3 Å². The van der Waals surface area contributed by atoms with E-state index in [0.29, 0.717) is 19.5 Å². The number of likely N-dealkylation sites (tertiary alicyclic amines) is 1. The third-order valence-electron chi connectivity index (χ3n) is 2.99. The van der Waals surface area contributed by atoms with E-state index in [2.05, 4.69) is 0 Å². The topological polar surface area (TPSA) is 46.3 Å². The number of rotatable bonds is 1. The average Bonchev–Trinajstić information content (AvgIpc) is 2.69. The Hall–Kier alpha value is -1.49. The molecule has 1 aliphatic heterocycles. The normalized spacial score (nSPS) is 19.8. The van der Waals surface area contributed by atoms with Crippen molar-refractivity contribution in [2.45, 2.75) is 19.4 Å². The molecule has 0 radical (unpaired) electrons. The fraction of sp³-hybridized carbons (Fsp3) is 0.417. The lowest BCUT2D eigenvalue weighted by Crippen LogP contribution is -2.32. The van der Waals surface area contributed by atoms with Gasteiger partial charge in [0, 0.05) is 19.1 Å². The number of benzene rings is 1. The number of nitrogens with two attached hydrogens (primary N) is 1. The molecule has 1 fully saturated rings. The lowest BCUT2D eigenvalue weighted by Gasteiger charge is -2.16.